The van der Waals surface area contributed by atoms with Gasteiger partial charge < -0.3 is 15.0 Å². The number of piperidine rings is 2. The molecule has 0 aliphatic carbocycles. The maximum absolute atomic E-state index is 12.8. The van der Waals surface area contributed by atoms with E-state index >= 15 is 0 Å². The van der Waals surface area contributed by atoms with Crippen molar-refractivity contribution < 1.29 is 14.3 Å². The lowest BCUT2D eigenvalue weighted by Gasteiger charge is -2.45. The summed E-state index contributed by atoms with van der Waals surface area (Å²) in [6.07, 6.45) is 6.12. The molecule has 5 heteroatoms. The van der Waals surface area contributed by atoms with E-state index in [9.17, 15) is 9.59 Å². The van der Waals surface area contributed by atoms with Crippen LogP contribution in [0.4, 0.5) is 0 Å². The summed E-state index contributed by atoms with van der Waals surface area (Å²) >= 11 is 0. The van der Waals surface area contributed by atoms with E-state index < -0.39 is 0 Å². The maximum atomic E-state index is 12.8. The number of ether oxygens (including phenoxy) is 1. The summed E-state index contributed by atoms with van der Waals surface area (Å²) in [7, 11) is 0. The monoisotopic (exact) mass is 308 g/mol. The van der Waals surface area contributed by atoms with Crippen LogP contribution in [-0.4, -0.2) is 48.1 Å². The molecule has 0 saturated carbocycles. The number of carbonyl (C=O) groups excluding carboxylic acids is 2. The molecule has 2 amide bonds. The van der Waals surface area contributed by atoms with Crippen LogP contribution in [0.3, 0.4) is 0 Å². The van der Waals surface area contributed by atoms with Crippen LogP contribution in [0.25, 0.3) is 0 Å². The summed E-state index contributed by atoms with van der Waals surface area (Å²) in [5, 5.41) is 2.99. The molecule has 0 radical (unpaired) electrons. The van der Waals surface area contributed by atoms with E-state index in [4.69, 9.17) is 4.74 Å². The summed E-state index contributed by atoms with van der Waals surface area (Å²) in [5.74, 6) is 0.306. The molecular formula is C17H28N2O3. The van der Waals surface area contributed by atoms with Gasteiger partial charge in [0.2, 0.25) is 5.91 Å². The molecule has 3 rings (SSSR count). The quantitative estimate of drug-likeness (QED) is 0.847. The van der Waals surface area contributed by atoms with Crippen molar-refractivity contribution >= 4 is 11.8 Å². The average molecular weight is 308 g/mol. The second kappa shape index (κ2) is 5.84. The van der Waals surface area contributed by atoms with Crippen molar-refractivity contribution in [2.45, 2.75) is 70.5 Å². The van der Waals surface area contributed by atoms with Gasteiger partial charge in [0.1, 0.15) is 6.10 Å². The van der Waals surface area contributed by atoms with Crippen LogP contribution in [0.15, 0.2) is 0 Å². The van der Waals surface area contributed by atoms with E-state index in [0.29, 0.717) is 13.0 Å². The zero-order valence-electron chi connectivity index (χ0n) is 13.8. The number of carbonyl (C=O) groups is 2. The Kier molecular flexibility index (Phi) is 4.19. The largest absolute Gasteiger partial charge is 0.362 e. The van der Waals surface area contributed by atoms with Gasteiger partial charge in [0.05, 0.1) is 5.60 Å². The molecule has 5 nitrogen and oxygen atoms in total. The molecule has 3 atom stereocenters. The van der Waals surface area contributed by atoms with E-state index in [1.807, 2.05) is 4.90 Å². The van der Waals surface area contributed by atoms with Gasteiger partial charge in [0, 0.05) is 31.5 Å². The molecule has 3 aliphatic rings. The summed E-state index contributed by atoms with van der Waals surface area (Å²) < 4.78 is 6.04. The molecule has 0 aromatic heterocycles. The van der Waals surface area contributed by atoms with Gasteiger partial charge in [0.15, 0.2) is 0 Å². The molecule has 1 N–H and O–H groups in total. The molecule has 124 valence electrons. The number of nitrogens with zero attached hydrogens (tertiary/aromatic N) is 1. The lowest BCUT2D eigenvalue weighted by Crippen LogP contribution is -2.55. The fourth-order valence-electron chi connectivity index (χ4n) is 4.12. The van der Waals surface area contributed by atoms with Crippen molar-refractivity contribution in [1.82, 2.24) is 10.2 Å². The zero-order valence-corrected chi connectivity index (χ0v) is 13.8. The minimum absolute atomic E-state index is 0.0917. The van der Waals surface area contributed by atoms with Gasteiger partial charge in [-0.2, -0.15) is 0 Å². The highest BCUT2D eigenvalue weighted by molar-refractivity contribution is 5.81. The minimum atomic E-state index is -0.265. The van der Waals surface area contributed by atoms with Crippen LogP contribution < -0.4 is 5.32 Å². The van der Waals surface area contributed by atoms with Crippen molar-refractivity contribution in [2.24, 2.45) is 5.41 Å². The van der Waals surface area contributed by atoms with Crippen LogP contribution in [0.1, 0.15) is 58.8 Å². The fraction of sp³-hybridized carbons (Fsp3) is 0.882. The van der Waals surface area contributed by atoms with Gasteiger partial charge in [-0.15, -0.1) is 0 Å². The summed E-state index contributed by atoms with van der Waals surface area (Å²) in [5.41, 5.74) is -0.0406. The predicted octanol–water partition coefficient (Wildman–Crippen LogP) is 1.85. The SMILES string of the molecule is CCC1(C)CCC(C(=O)N2CCCC3(CCC(=O)NC3)C2)O1. The molecule has 1 spiro atoms. The van der Waals surface area contributed by atoms with Crippen LogP contribution in [0, 0.1) is 5.41 Å². The number of hydrogen-bond donors (Lipinski definition) is 1. The van der Waals surface area contributed by atoms with Gasteiger partial charge in [-0.05, 0) is 45.4 Å². The zero-order chi connectivity index (χ0) is 15.8. The van der Waals surface area contributed by atoms with Crippen molar-refractivity contribution in [3.05, 3.63) is 0 Å². The molecule has 3 unspecified atom stereocenters. The van der Waals surface area contributed by atoms with Crippen molar-refractivity contribution in [1.29, 1.82) is 0 Å². The van der Waals surface area contributed by atoms with Gasteiger partial charge >= 0.3 is 0 Å². The Labute approximate surface area is 132 Å². The average Bonchev–Trinajstić information content (AvgIpc) is 2.93. The molecule has 22 heavy (non-hydrogen) atoms. The second-order valence-corrected chi connectivity index (χ2v) is 7.59. The third-order valence-corrected chi connectivity index (χ3v) is 5.90. The highest BCUT2D eigenvalue weighted by atomic mass is 16.5. The lowest BCUT2D eigenvalue weighted by molar-refractivity contribution is -0.151. The molecule has 0 aromatic rings. The highest BCUT2D eigenvalue weighted by Gasteiger charge is 2.44. The molecular weight excluding hydrogens is 280 g/mol. The molecule has 0 bridgehead atoms. The van der Waals surface area contributed by atoms with Crippen LogP contribution in [0.2, 0.25) is 0 Å². The Morgan fingerprint density at radius 1 is 1.41 bits per heavy atom. The van der Waals surface area contributed by atoms with E-state index in [1.165, 1.54) is 0 Å². The summed E-state index contributed by atoms with van der Waals surface area (Å²) in [6, 6.07) is 0. The van der Waals surface area contributed by atoms with Gasteiger partial charge in [-0.25, -0.2) is 0 Å². The first-order valence-electron chi connectivity index (χ1n) is 8.69. The van der Waals surface area contributed by atoms with E-state index in [-0.39, 0.29) is 28.9 Å². The number of nitrogens with one attached hydrogen (secondary N) is 1. The molecule has 3 heterocycles. The third kappa shape index (κ3) is 3.00. The van der Waals surface area contributed by atoms with Crippen molar-refractivity contribution in [3.63, 3.8) is 0 Å². The molecule has 3 aliphatic heterocycles. The van der Waals surface area contributed by atoms with Gasteiger partial charge in [0.25, 0.3) is 5.91 Å². The normalized spacial score (nSPS) is 39.1. The Balaban J connectivity index is 1.62. The lowest BCUT2D eigenvalue weighted by atomic mass is 9.74. The number of rotatable bonds is 2. The molecule has 3 saturated heterocycles. The number of likely N-dealkylation sites (tertiary alicyclic amines) is 1. The molecule has 3 fully saturated rings. The van der Waals surface area contributed by atoms with Crippen LogP contribution in [0.5, 0.6) is 0 Å². The first kappa shape index (κ1) is 15.8. The van der Waals surface area contributed by atoms with E-state index in [0.717, 1.165) is 51.6 Å². The number of hydrogen-bond acceptors (Lipinski definition) is 3. The Hall–Kier alpha value is -1.10. The van der Waals surface area contributed by atoms with E-state index in [2.05, 4.69) is 19.2 Å². The Bertz CT molecular complexity index is 455. The van der Waals surface area contributed by atoms with Crippen LogP contribution >= 0.6 is 0 Å². The third-order valence-electron chi connectivity index (χ3n) is 5.90. The number of amides is 2. The highest BCUT2D eigenvalue weighted by Crippen LogP contribution is 2.38. The second-order valence-electron chi connectivity index (χ2n) is 7.59. The smallest absolute Gasteiger partial charge is 0.251 e. The summed E-state index contributed by atoms with van der Waals surface area (Å²) in [4.78, 5) is 26.2. The Morgan fingerprint density at radius 3 is 2.86 bits per heavy atom. The van der Waals surface area contributed by atoms with E-state index in [1.54, 1.807) is 0 Å². The van der Waals surface area contributed by atoms with Crippen molar-refractivity contribution in [2.75, 3.05) is 19.6 Å². The van der Waals surface area contributed by atoms with Crippen molar-refractivity contribution in [3.8, 4) is 0 Å². The van der Waals surface area contributed by atoms with Gasteiger partial charge in [-0.3, -0.25) is 9.59 Å². The fourth-order valence-corrected chi connectivity index (χ4v) is 4.12. The summed E-state index contributed by atoms with van der Waals surface area (Å²) in [6.45, 7) is 6.54. The first-order valence-corrected chi connectivity index (χ1v) is 8.69. The molecule has 0 aromatic carbocycles. The topological polar surface area (TPSA) is 58.6 Å². The first-order chi connectivity index (χ1) is 10.5. The Morgan fingerprint density at radius 2 is 2.23 bits per heavy atom. The minimum Gasteiger partial charge on any atom is -0.362 e. The standard InChI is InChI=1S/C17H28N2O3/c1-3-16(2)8-5-13(22-16)15(21)19-10-4-7-17(12-19)9-6-14(20)18-11-17/h13H,3-12H2,1-2H3,(H,18,20). The van der Waals surface area contributed by atoms with Gasteiger partial charge in [-0.1, -0.05) is 6.92 Å². The van der Waals surface area contributed by atoms with Crippen LogP contribution in [-0.2, 0) is 14.3 Å². The maximum Gasteiger partial charge on any atom is 0.251 e. The predicted molar refractivity (Wildman–Crippen MR) is 83.3 cm³/mol.